The van der Waals surface area contributed by atoms with Gasteiger partial charge in [0.1, 0.15) is 0 Å². The Balaban J connectivity index is 2.46. The normalized spacial score (nSPS) is 11.5. The first-order valence-corrected chi connectivity index (χ1v) is 6.99. The standard InChI is InChI=1S/C13H14N2O2S/c1-9-7-12(8-10(2)15-9)11-3-5-13(6-4-11)18(14,16)17/h3-8H,1-2H3,(H2,14,16,17). The Morgan fingerprint density at radius 1 is 0.944 bits per heavy atom. The summed E-state index contributed by atoms with van der Waals surface area (Å²) in [5.74, 6) is 0. The van der Waals surface area contributed by atoms with Crippen molar-refractivity contribution in [1.29, 1.82) is 0 Å². The molecule has 0 spiro atoms. The van der Waals surface area contributed by atoms with Crippen molar-refractivity contribution < 1.29 is 8.42 Å². The zero-order valence-corrected chi connectivity index (χ0v) is 11.0. The van der Waals surface area contributed by atoms with Crippen molar-refractivity contribution in [2.45, 2.75) is 18.7 Å². The van der Waals surface area contributed by atoms with Crippen LogP contribution >= 0.6 is 0 Å². The second kappa shape index (κ2) is 4.51. The second-order valence-corrected chi connectivity index (χ2v) is 5.77. The third-order valence-electron chi connectivity index (χ3n) is 2.60. The third-order valence-corrected chi connectivity index (χ3v) is 3.53. The van der Waals surface area contributed by atoms with E-state index in [1.54, 1.807) is 12.1 Å². The van der Waals surface area contributed by atoms with Crippen LogP contribution in [0.25, 0.3) is 11.1 Å². The fraction of sp³-hybridized carbons (Fsp3) is 0.154. The molecule has 4 nitrogen and oxygen atoms in total. The summed E-state index contributed by atoms with van der Waals surface area (Å²) < 4.78 is 22.3. The maximum Gasteiger partial charge on any atom is 0.238 e. The smallest absolute Gasteiger partial charge is 0.238 e. The molecule has 0 aliphatic heterocycles. The van der Waals surface area contributed by atoms with Crippen molar-refractivity contribution in [2.75, 3.05) is 0 Å². The minimum Gasteiger partial charge on any atom is -0.258 e. The molecular weight excluding hydrogens is 248 g/mol. The van der Waals surface area contributed by atoms with Gasteiger partial charge in [0.25, 0.3) is 0 Å². The van der Waals surface area contributed by atoms with Crippen molar-refractivity contribution in [3.63, 3.8) is 0 Å². The molecule has 0 aliphatic rings. The van der Waals surface area contributed by atoms with Crippen molar-refractivity contribution in [2.24, 2.45) is 5.14 Å². The molecule has 2 rings (SSSR count). The minimum atomic E-state index is -3.63. The summed E-state index contributed by atoms with van der Waals surface area (Å²) in [5, 5.41) is 5.06. The Morgan fingerprint density at radius 2 is 1.44 bits per heavy atom. The van der Waals surface area contributed by atoms with Crippen LogP contribution in [0.3, 0.4) is 0 Å². The SMILES string of the molecule is Cc1cc(-c2ccc(S(N)(=O)=O)cc2)cc(C)n1. The van der Waals surface area contributed by atoms with E-state index in [2.05, 4.69) is 4.98 Å². The van der Waals surface area contributed by atoms with Crippen LogP contribution in [0.15, 0.2) is 41.3 Å². The van der Waals surface area contributed by atoms with Gasteiger partial charge in [0.05, 0.1) is 4.90 Å². The molecular formula is C13H14N2O2S. The van der Waals surface area contributed by atoms with Crippen LogP contribution in [0.1, 0.15) is 11.4 Å². The second-order valence-electron chi connectivity index (χ2n) is 4.21. The van der Waals surface area contributed by atoms with Crippen LogP contribution in [-0.4, -0.2) is 13.4 Å². The summed E-state index contributed by atoms with van der Waals surface area (Å²) in [6.45, 7) is 3.85. The summed E-state index contributed by atoms with van der Waals surface area (Å²) in [5.41, 5.74) is 3.82. The largest absolute Gasteiger partial charge is 0.258 e. The van der Waals surface area contributed by atoms with Crippen molar-refractivity contribution in [3.8, 4) is 11.1 Å². The first-order chi connectivity index (χ1) is 8.36. The number of primary sulfonamides is 1. The van der Waals surface area contributed by atoms with Gasteiger partial charge < -0.3 is 0 Å². The van der Waals surface area contributed by atoms with Gasteiger partial charge in [-0.25, -0.2) is 13.6 Å². The fourth-order valence-electron chi connectivity index (χ4n) is 1.84. The molecule has 2 aromatic rings. The molecule has 1 aromatic heterocycles. The average molecular weight is 262 g/mol. The summed E-state index contributed by atoms with van der Waals surface area (Å²) in [6.07, 6.45) is 0. The number of aromatic nitrogens is 1. The molecule has 0 saturated heterocycles. The van der Waals surface area contributed by atoms with Gasteiger partial charge in [0.2, 0.25) is 10.0 Å². The number of rotatable bonds is 2. The van der Waals surface area contributed by atoms with Gasteiger partial charge in [0, 0.05) is 11.4 Å². The van der Waals surface area contributed by atoms with Crippen LogP contribution in [0.4, 0.5) is 0 Å². The minimum absolute atomic E-state index is 0.119. The highest BCUT2D eigenvalue weighted by Crippen LogP contribution is 2.22. The molecule has 0 atom stereocenters. The van der Waals surface area contributed by atoms with Gasteiger partial charge in [-0.05, 0) is 49.2 Å². The number of aryl methyl sites for hydroxylation is 2. The van der Waals surface area contributed by atoms with E-state index in [1.807, 2.05) is 26.0 Å². The maximum atomic E-state index is 11.2. The third kappa shape index (κ3) is 2.75. The summed E-state index contributed by atoms with van der Waals surface area (Å²) in [4.78, 5) is 4.42. The van der Waals surface area contributed by atoms with Crippen molar-refractivity contribution >= 4 is 10.0 Å². The highest BCUT2D eigenvalue weighted by Gasteiger charge is 2.07. The Kier molecular flexibility index (Phi) is 3.19. The molecule has 0 unspecified atom stereocenters. The number of benzene rings is 1. The van der Waals surface area contributed by atoms with Crippen LogP contribution < -0.4 is 5.14 Å². The first-order valence-electron chi connectivity index (χ1n) is 5.45. The predicted molar refractivity (Wildman–Crippen MR) is 70.5 cm³/mol. The molecule has 0 aliphatic carbocycles. The van der Waals surface area contributed by atoms with Crippen molar-refractivity contribution in [3.05, 3.63) is 47.8 Å². The zero-order valence-electron chi connectivity index (χ0n) is 10.2. The van der Waals surface area contributed by atoms with Crippen LogP contribution in [0.5, 0.6) is 0 Å². The molecule has 0 saturated carbocycles. The van der Waals surface area contributed by atoms with E-state index in [1.165, 1.54) is 12.1 Å². The maximum absolute atomic E-state index is 11.2. The summed E-state index contributed by atoms with van der Waals surface area (Å²) in [6, 6.07) is 10.4. The Bertz CT molecular complexity index is 656. The fourth-order valence-corrected chi connectivity index (χ4v) is 2.35. The number of pyridine rings is 1. The van der Waals surface area contributed by atoms with E-state index in [-0.39, 0.29) is 4.90 Å². The molecule has 0 fully saturated rings. The predicted octanol–water partition coefficient (Wildman–Crippen LogP) is 2.01. The van der Waals surface area contributed by atoms with Gasteiger partial charge in [-0.15, -0.1) is 0 Å². The number of nitrogens with zero attached hydrogens (tertiary/aromatic N) is 1. The molecule has 94 valence electrons. The van der Waals surface area contributed by atoms with E-state index in [0.717, 1.165) is 22.5 Å². The van der Waals surface area contributed by atoms with Gasteiger partial charge in [-0.1, -0.05) is 12.1 Å². The number of sulfonamides is 1. The highest BCUT2D eigenvalue weighted by molar-refractivity contribution is 7.89. The van der Waals surface area contributed by atoms with Crippen LogP contribution in [0.2, 0.25) is 0 Å². The molecule has 1 aromatic carbocycles. The Morgan fingerprint density at radius 3 is 1.89 bits per heavy atom. The molecule has 1 heterocycles. The highest BCUT2D eigenvalue weighted by atomic mass is 32.2. The lowest BCUT2D eigenvalue weighted by molar-refractivity contribution is 0.598. The monoisotopic (exact) mass is 262 g/mol. The van der Waals surface area contributed by atoms with Crippen LogP contribution in [-0.2, 0) is 10.0 Å². The molecule has 0 bridgehead atoms. The Hall–Kier alpha value is -1.72. The molecule has 5 heteroatoms. The number of nitrogens with two attached hydrogens (primary N) is 1. The van der Waals surface area contributed by atoms with E-state index in [9.17, 15) is 8.42 Å². The topological polar surface area (TPSA) is 73.1 Å². The first kappa shape index (κ1) is 12.7. The van der Waals surface area contributed by atoms with E-state index >= 15 is 0 Å². The zero-order chi connectivity index (χ0) is 13.3. The van der Waals surface area contributed by atoms with E-state index in [4.69, 9.17) is 5.14 Å². The number of hydrogen-bond donors (Lipinski definition) is 1. The molecule has 18 heavy (non-hydrogen) atoms. The Labute approximate surface area is 107 Å². The number of hydrogen-bond acceptors (Lipinski definition) is 3. The lowest BCUT2D eigenvalue weighted by Crippen LogP contribution is -2.11. The molecule has 2 N–H and O–H groups in total. The summed E-state index contributed by atoms with van der Waals surface area (Å²) >= 11 is 0. The molecule has 0 radical (unpaired) electrons. The van der Waals surface area contributed by atoms with E-state index in [0.29, 0.717) is 0 Å². The average Bonchev–Trinajstić information content (AvgIpc) is 2.27. The van der Waals surface area contributed by atoms with Gasteiger partial charge in [0.15, 0.2) is 0 Å². The van der Waals surface area contributed by atoms with Crippen LogP contribution in [0, 0.1) is 13.8 Å². The molecule has 0 amide bonds. The lowest BCUT2D eigenvalue weighted by atomic mass is 10.1. The summed E-state index contributed by atoms with van der Waals surface area (Å²) in [7, 11) is -3.63. The quantitative estimate of drug-likeness (QED) is 0.899. The lowest BCUT2D eigenvalue weighted by Gasteiger charge is -2.05. The van der Waals surface area contributed by atoms with Crippen molar-refractivity contribution in [1.82, 2.24) is 4.98 Å². The van der Waals surface area contributed by atoms with Gasteiger partial charge >= 0.3 is 0 Å². The van der Waals surface area contributed by atoms with E-state index < -0.39 is 10.0 Å². The van der Waals surface area contributed by atoms with Gasteiger partial charge in [-0.2, -0.15) is 0 Å². The van der Waals surface area contributed by atoms with Gasteiger partial charge in [-0.3, -0.25) is 4.98 Å².